The highest BCUT2D eigenvalue weighted by Crippen LogP contribution is 2.32. The number of Topliss-reactive ketones (excluding diaryl/α,β-unsaturated/α-hetero) is 1. The number of hydrogen-bond donors (Lipinski definition) is 1. The number of fused-ring (bicyclic) bond motifs is 1. The Hall–Kier alpha value is -3.46. The van der Waals surface area contributed by atoms with Crippen molar-refractivity contribution in [2.45, 2.75) is 16.2 Å². The quantitative estimate of drug-likeness (QED) is 0.172. The van der Waals surface area contributed by atoms with Crippen LogP contribution in [0.15, 0.2) is 106 Å². The first-order chi connectivity index (χ1) is 17.4. The van der Waals surface area contributed by atoms with E-state index in [1.807, 2.05) is 61.5 Å². The molecule has 5 nitrogen and oxygen atoms in total. The smallest absolute Gasteiger partial charge is 0.261 e. The van der Waals surface area contributed by atoms with Crippen LogP contribution in [0.5, 0.6) is 0 Å². The summed E-state index contributed by atoms with van der Waals surface area (Å²) in [6, 6.07) is 29.6. The number of aryl methyl sites for hydroxylation is 1. The number of carbonyl (C=O) groups is 1. The van der Waals surface area contributed by atoms with Crippen molar-refractivity contribution in [3.63, 3.8) is 0 Å². The molecule has 5 rings (SSSR count). The van der Waals surface area contributed by atoms with E-state index < -0.39 is 10.0 Å². The van der Waals surface area contributed by atoms with Crippen LogP contribution >= 0.6 is 23.1 Å². The predicted molar refractivity (Wildman–Crippen MR) is 149 cm³/mol. The van der Waals surface area contributed by atoms with Crippen molar-refractivity contribution in [3.8, 4) is 11.1 Å². The summed E-state index contributed by atoms with van der Waals surface area (Å²) in [6.07, 6.45) is 0. The largest absolute Gasteiger partial charge is 0.293 e. The fourth-order valence-corrected chi connectivity index (χ4v) is 6.70. The van der Waals surface area contributed by atoms with Crippen LogP contribution in [0, 0.1) is 6.92 Å². The van der Waals surface area contributed by atoms with Gasteiger partial charge < -0.3 is 0 Å². The molecule has 8 heteroatoms. The van der Waals surface area contributed by atoms with Gasteiger partial charge >= 0.3 is 0 Å². The highest BCUT2D eigenvalue weighted by atomic mass is 32.2. The Morgan fingerprint density at radius 1 is 0.889 bits per heavy atom. The van der Waals surface area contributed by atoms with Gasteiger partial charge in [0.25, 0.3) is 10.0 Å². The lowest BCUT2D eigenvalue weighted by Gasteiger charge is -2.08. The van der Waals surface area contributed by atoms with Crippen molar-refractivity contribution < 1.29 is 13.2 Å². The summed E-state index contributed by atoms with van der Waals surface area (Å²) in [5.41, 5.74) is 5.07. The Morgan fingerprint density at radius 2 is 1.58 bits per heavy atom. The first kappa shape index (κ1) is 24.2. The molecule has 0 amide bonds. The van der Waals surface area contributed by atoms with Crippen LogP contribution in [0.3, 0.4) is 0 Å². The van der Waals surface area contributed by atoms with Crippen LogP contribution in [0.1, 0.15) is 15.9 Å². The van der Waals surface area contributed by atoms with E-state index in [-0.39, 0.29) is 16.4 Å². The summed E-state index contributed by atoms with van der Waals surface area (Å²) in [6.45, 7) is 1.91. The van der Waals surface area contributed by atoms with Crippen molar-refractivity contribution in [2.24, 2.45) is 0 Å². The highest BCUT2D eigenvalue weighted by Gasteiger charge is 2.15. The molecule has 0 bridgehead atoms. The van der Waals surface area contributed by atoms with Gasteiger partial charge in [-0.3, -0.25) is 9.52 Å². The Bertz CT molecular complexity index is 1630. The average Bonchev–Trinajstić information content (AvgIpc) is 3.30. The molecule has 0 saturated heterocycles. The number of hydrogen-bond acceptors (Lipinski definition) is 6. The molecular formula is C28H22N2O3S3. The standard InChI is InChI=1S/C28H22N2O3S3/c1-19-7-14-24(15-8-19)36(32,33)30-23-13-16-25-27(17-23)35-28(29-25)34-18-26(31)22-11-9-21(10-12-22)20-5-3-2-4-6-20/h2-17,30H,18H2,1H3. The SMILES string of the molecule is Cc1ccc(S(=O)(=O)Nc2ccc3nc(SCC(=O)c4ccc(-c5ccccc5)cc4)sc3c2)cc1. The molecule has 0 aliphatic heterocycles. The first-order valence-electron chi connectivity index (χ1n) is 11.2. The molecule has 5 aromatic rings. The van der Waals surface area contributed by atoms with E-state index in [1.54, 1.807) is 42.5 Å². The highest BCUT2D eigenvalue weighted by molar-refractivity contribution is 8.01. The normalized spacial score (nSPS) is 11.5. The Labute approximate surface area is 218 Å². The van der Waals surface area contributed by atoms with E-state index in [0.717, 1.165) is 31.2 Å². The lowest BCUT2D eigenvalue weighted by atomic mass is 10.0. The van der Waals surface area contributed by atoms with Crippen molar-refractivity contribution in [3.05, 3.63) is 108 Å². The molecule has 0 fully saturated rings. The topological polar surface area (TPSA) is 76.1 Å². The van der Waals surface area contributed by atoms with E-state index in [2.05, 4.69) is 9.71 Å². The number of anilines is 1. The molecule has 4 aromatic carbocycles. The second kappa shape index (κ2) is 10.3. The molecule has 0 aliphatic carbocycles. The minimum Gasteiger partial charge on any atom is -0.293 e. The third kappa shape index (κ3) is 5.51. The molecule has 1 heterocycles. The Morgan fingerprint density at radius 3 is 2.31 bits per heavy atom. The summed E-state index contributed by atoms with van der Waals surface area (Å²) in [4.78, 5) is 17.5. The number of ketones is 1. The van der Waals surface area contributed by atoms with Gasteiger partial charge in [-0.1, -0.05) is 84.1 Å². The number of nitrogens with zero attached hydrogens (tertiary/aromatic N) is 1. The number of nitrogens with one attached hydrogen (secondary N) is 1. The van der Waals surface area contributed by atoms with Crippen LogP contribution < -0.4 is 4.72 Å². The molecule has 0 spiro atoms. The summed E-state index contributed by atoms with van der Waals surface area (Å²) in [5.74, 6) is 0.308. The number of aromatic nitrogens is 1. The Balaban J connectivity index is 1.25. The van der Waals surface area contributed by atoms with Crippen molar-refractivity contribution in [1.82, 2.24) is 4.98 Å². The van der Waals surface area contributed by atoms with Gasteiger partial charge in [-0.25, -0.2) is 13.4 Å². The molecule has 0 saturated carbocycles. The van der Waals surface area contributed by atoms with E-state index >= 15 is 0 Å². The number of benzene rings is 4. The zero-order chi connectivity index (χ0) is 25.1. The first-order valence-corrected chi connectivity index (χ1v) is 14.5. The second-order valence-corrected chi connectivity index (χ2v) is 12.2. The van der Waals surface area contributed by atoms with Gasteiger partial charge in [0.15, 0.2) is 10.1 Å². The lowest BCUT2D eigenvalue weighted by molar-refractivity contribution is 0.102. The molecular weight excluding hydrogens is 509 g/mol. The van der Waals surface area contributed by atoms with Gasteiger partial charge in [0, 0.05) is 5.56 Å². The zero-order valence-corrected chi connectivity index (χ0v) is 21.8. The zero-order valence-electron chi connectivity index (χ0n) is 19.3. The number of thiazole rings is 1. The van der Waals surface area contributed by atoms with E-state index in [0.29, 0.717) is 11.3 Å². The number of sulfonamides is 1. The second-order valence-electron chi connectivity index (χ2n) is 8.24. The maximum Gasteiger partial charge on any atom is 0.261 e. The maximum absolute atomic E-state index is 12.7. The van der Waals surface area contributed by atoms with E-state index in [9.17, 15) is 13.2 Å². The minimum absolute atomic E-state index is 0.0328. The van der Waals surface area contributed by atoms with Crippen molar-refractivity contribution in [1.29, 1.82) is 0 Å². The molecule has 1 N–H and O–H groups in total. The third-order valence-electron chi connectivity index (χ3n) is 5.59. The fraction of sp³-hybridized carbons (Fsp3) is 0.0714. The third-order valence-corrected chi connectivity index (χ3v) is 9.15. The van der Waals surface area contributed by atoms with Crippen LogP contribution in [0.25, 0.3) is 21.3 Å². The lowest BCUT2D eigenvalue weighted by Crippen LogP contribution is -2.12. The molecule has 1 aromatic heterocycles. The molecule has 0 aliphatic rings. The van der Waals surface area contributed by atoms with E-state index in [4.69, 9.17) is 0 Å². The van der Waals surface area contributed by atoms with Crippen LogP contribution in [-0.2, 0) is 10.0 Å². The number of thioether (sulfide) groups is 1. The predicted octanol–water partition coefficient (Wildman–Crippen LogP) is 7.05. The Kier molecular flexibility index (Phi) is 6.91. The average molecular weight is 531 g/mol. The number of carbonyl (C=O) groups excluding carboxylic acids is 1. The van der Waals surface area contributed by atoms with Crippen LogP contribution in [0.4, 0.5) is 5.69 Å². The van der Waals surface area contributed by atoms with Crippen LogP contribution in [0.2, 0.25) is 0 Å². The van der Waals surface area contributed by atoms with Gasteiger partial charge in [0.1, 0.15) is 0 Å². The molecule has 0 radical (unpaired) electrons. The molecule has 0 unspecified atom stereocenters. The van der Waals surface area contributed by atoms with E-state index in [1.165, 1.54) is 23.1 Å². The van der Waals surface area contributed by atoms with Gasteiger partial charge in [-0.2, -0.15) is 0 Å². The molecule has 180 valence electrons. The minimum atomic E-state index is -3.68. The van der Waals surface area contributed by atoms with Crippen molar-refractivity contribution >= 4 is 54.8 Å². The number of rotatable bonds is 8. The van der Waals surface area contributed by atoms with Gasteiger partial charge in [-0.05, 0) is 48.4 Å². The van der Waals surface area contributed by atoms with Crippen molar-refractivity contribution in [2.75, 3.05) is 10.5 Å². The maximum atomic E-state index is 12.7. The molecule has 0 atom stereocenters. The van der Waals surface area contributed by atoms with Crippen LogP contribution in [-0.4, -0.2) is 24.9 Å². The van der Waals surface area contributed by atoms with Gasteiger partial charge in [0.2, 0.25) is 0 Å². The monoisotopic (exact) mass is 530 g/mol. The summed E-state index contributed by atoms with van der Waals surface area (Å²) < 4.78 is 29.6. The van der Waals surface area contributed by atoms with Gasteiger partial charge in [-0.15, -0.1) is 11.3 Å². The summed E-state index contributed by atoms with van der Waals surface area (Å²) >= 11 is 2.82. The summed E-state index contributed by atoms with van der Waals surface area (Å²) in [7, 11) is -3.68. The molecule has 36 heavy (non-hydrogen) atoms. The fourth-order valence-electron chi connectivity index (χ4n) is 3.65. The summed E-state index contributed by atoms with van der Waals surface area (Å²) in [5, 5.41) is 0. The van der Waals surface area contributed by atoms with Gasteiger partial charge in [0.05, 0.1) is 26.6 Å².